The number of nitrogens with one attached hydrogen (secondary N) is 3. The summed E-state index contributed by atoms with van der Waals surface area (Å²) in [7, 11) is -2.13. The van der Waals surface area contributed by atoms with Gasteiger partial charge in [0.05, 0.1) is 18.4 Å². The zero-order valence-electron chi connectivity index (χ0n) is 17.6. The Balaban J connectivity index is 1.35. The quantitative estimate of drug-likeness (QED) is 0.477. The second-order valence-electron chi connectivity index (χ2n) is 7.17. The predicted octanol–water partition coefficient (Wildman–Crippen LogP) is 2.89. The van der Waals surface area contributed by atoms with Crippen molar-refractivity contribution < 1.29 is 27.5 Å². The summed E-state index contributed by atoms with van der Waals surface area (Å²) in [5.74, 6) is -0.498. The molecule has 0 aromatic heterocycles. The van der Waals surface area contributed by atoms with Crippen molar-refractivity contribution in [1.82, 2.24) is 4.72 Å². The van der Waals surface area contributed by atoms with Crippen LogP contribution in [0.3, 0.4) is 0 Å². The zero-order valence-corrected chi connectivity index (χ0v) is 18.4. The van der Waals surface area contributed by atoms with Gasteiger partial charge >= 0.3 is 5.97 Å². The van der Waals surface area contributed by atoms with Gasteiger partial charge in [-0.2, -0.15) is 4.72 Å². The molecule has 3 N–H and O–H groups in total. The van der Waals surface area contributed by atoms with Crippen molar-refractivity contribution in [1.29, 1.82) is 0 Å². The van der Waals surface area contributed by atoms with E-state index in [0.717, 1.165) is 0 Å². The van der Waals surface area contributed by atoms with Gasteiger partial charge in [0.25, 0.3) is 5.91 Å². The number of anilines is 2. The maximum absolute atomic E-state index is 12.5. The fraction of sp³-hybridized carbons (Fsp3) is 0.130. The highest BCUT2D eigenvalue weighted by Crippen LogP contribution is 2.30. The molecular formula is C23H21N3O6S. The molecule has 3 aromatic carbocycles. The summed E-state index contributed by atoms with van der Waals surface area (Å²) in [6.07, 6.45) is -0.690. The molecule has 9 nitrogen and oxygen atoms in total. The SMILES string of the molecule is COc1ccc(NC(=O)COC(=O)c2ccc([C@@H]3Nc4ccccc4S(=O)(=O)N3)cc2)cc1. The highest BCUT2D eigenvalue weighted by molar-refractivity contribution is 7.89. The van der Waals surface area contributed by atoms with Crippen LogP contribution in [0.2, 0.25) is 0 Å². The molecule has 0 saturated carbocycles. The van der Waals surface area contributed by atoms with Crippen LogP contribution in [0.15, 0.2) is 77.7 Å². The Morgan fingerprint density at radius 3 is 2.36 bits per heavy atom. The summed E-state index contributed by atoms with van der Waals surface area (Å²) in [5, 5.41) is 5.74. The number of hydrogen-bond donors (Lipinski definition) is 3. The molecule has 1 amide bonds. The van der Waals surface area contributed by atoms with E-state index in [1.807, 2.05) is 0 Å². The number of hydrogen-bond acceptors (Lipinski definition) is 7. The lowest BCUT2D eigenvalue weighted by Crippen LogP contribution is -2.38. The number of esters is 1. The third kappa shape index (κ3) is 5.13. The first-order valence-corrected chi connectivity index (χ1v) is 11.4. The van der Waals surface area contributed by atoms with Gasteiger partial charge in [0.2, 0.25) is 10.0 Å². The van der Waals surface area contributed by atoms with Crippen molar-refractivity contribution in [2.45, 2.75) is 11.1 Å². The lowest BCUT2D eigenvalue weighted by molar-refractivity contribution is -0.119. The molecule has 0 aliphatic carbocycles. The standard InChI is InChI=1S/C23H21N3O6S/c1-31-18-12-10-17(11-13-18)24-21(27)14-32-23(28)16-8-6-15(7-9-16)22-25-19-4-2-3-5-20(19)33(29,30)26-22/h2-13,22,25-26H,14H2,1H3,(H,24,27)/t22-/m1/s1. The van der Waals surface area contributed by atoms with Crippen LogP contribution in [0.5, 0.6) is 5.75 Å². The summed E-state index contributed by atoms with van der Waals surface area (Å²) in [4.78, 5) is 24.5. The predicted molar refractivity (Wildman–Crippen MR) is 121 cm³/mol. The van der Waals surface area contributed by atoms with Crippen molar-refractivity contribution in [3.8, 4) is 5.75 Å². The molecule has 4 rings (SSSR count). The lowest BCUT2D eigenvalue weighted by atomic mass is 10.1. The van der Waals surface area contributed by atoms with E-state index in [4.69, 9.17) is 9.47 Å². The zero-order chi connectivity index (χ0) is 23.4. The Kier molecular flexibility index (Phi) is 6.29. The first kappa shape index (κ1) is 22.3. The number of carbonyl (C=O) groups is 2. The minimum Gasteiger partial charge on any atom is -0.497 e. The molecule has 170 valence electrons. The first-order chi connectivity index (χ1) is 15.9. The van der Waals surface area contributed by atoms with Crippen LogP contribution in [-0.2, 0) is 19.6 Å². The van der Waals surface area contributed by atoms with Gasteiger partial charge in [-0.3, -0.25) is 4.79 Å². The van der Waals surface area contributed by atoms with E-state index in [9.17, 15) is 18.0 Å². The Labute approximate surface area is 190 Å². The number of methoxy groups -OCH3 is 1. The number of sulfonamides is 1. The number of fused-ring (bicyclic) bond motifs is 1. The lowest BCUT2D eigenvalue weighted by Gasteiger charge is -2.28. The summed E-state index contributed by atoms with van der Waals surface area (Å²) in [6, 6.07) is 19.6. The maximum Gasteiger partial charge on any atom is 0.338 e. The van der Waals surface area contributed by atoms with Crippen LogP contribution in [0, 0.1) is 0 Å². The van der Waals surface area contributed by atoms with E-state index >= 15 is 0 Å². The molecular weight excluding hydrogens is 446 g/mol. The number of benzene rings is 3. The average Bonchev–Trinajstić information content (AvgIpc) is 2.83. The molecule has 1 aliphatic heterocycles. The summed E-state index contributed by atoms with van der Waals surface area (Å²) in [5.41, 5.74) is 1.88. The summed E-state index contributed by atoms with van der Waals surface area (Å²) < 4.78 is 37.6. The van der Waals surface area contributed by atoms with Crippen molar-refractivity contribution >= 4 is 33.3 Å². The fourth-order valence-electron chi connectivity index (χ4n) is 3.27. The molecule has 10 heteroatoms. The van der Waals surface area contributed by atoms with Gasteiger partial charge < -0.3 is 20.1 Å². The molecule has 0 fully saturated rings. The molecule has 33 heavy (non-hydrogen) atoms. The van der Waals surface area contributed by atoms with Gasteiger partial charge in [-0.05, 0) is 54.1 Å². The normalized spacial score (nSPS) is 16.1. The second kappa shape index (κ2) is 9.31. The Morgan fingerprint density at radius 1 is 0.970 bits per heavy atom. The Morgan fingerprint density at radius 2 is 1.67 bits per heavy atom. The largest absolute Gasteiger partial charge is 0.497 e. The molecule has 0 saturated heterocycles. The molecule has 3 aromatic rings. The number of para-hydroxylation sites is 1. The van der Waals surface area contributed by atoms with Gasteiger partial charge in [0, 0.05) is 5.69 Å². The van der Waals surface area contributed by atoms with E-state index in [0.29, 0.717) is 22.7 Å². The minimum absolute atomic E-state index is 0.175. The van der Waals surface area contributed by atoms with Crippen molar-refractivity contribution in [2.75, 3.05) is 24.4 Å². The highest BCUT2D eigenvalue weighted by Gasteiger charge is 2.29. The topological polar surface area (TPSA) is 123 Å². The third-order valence-corrected chi connectivity index (χ3v) is 6.42. The van der Waals surface area contributed by atoms with E-state index < -0.39 is 34.7 Å². The van der Waals surface area contributed by atoms with Crippen LogP contribution in [0.4, 0.5) is 11.4 Å². The molecule has 0 spiro atoms. The highest BCUT2D eigenvalue weighted by atomic mass is 32.2. The van der Waals surface area contributed by atoms with Gasteiger partial charge in [-0.1, -0.05) is 24.3 Å². The second-order valence-corrected chi connectivity index (χ2v) is 8.85. The van der Waals surface area contributed by atoms with Crippen LogP contribution in [-0.4, -0.2) is 34.0 Å². The van der Waals surface area contributed by atoms with E-state index in [2.05, 4.69) is 15.4 Å². The van der Waals surface area contributed by atoms with Crippen LogP contribution < -0.4 is 20.1 Å². The van der Waals surface area contributed by atoms with E-state index in [1.165, 1.54) is 18.2 Å². The van der Waals surface area contributed by atoms with Gasteiger partial charge in [0.15, 0.2) is 6.61 Å². The van der Waals surface area contributed by atoms with E-state index in [1.54, 1.807) is 61.7 Å². The molecule has 0 unspecified atom stereocenters. The fourth-order valence-corrected chi connectivity index (χ4v) is 4.58. The Bertz CT molecular complexity index is 1270. The van der Waals surface area contributed by atoms with Crippen molar-refractivity contribution in [3.63, 3.8) is 0 Å². The summed E-state index contributed by atoms with van der Waals surface area (Å²) >= 11 is 0. The number of carbonyl (C=O) groups excluding carboxylic acids is 2. The number of rotatable bonds is 6. The molecule has 1 atom stereocenters. The van der Waals surface area contributed by atoms with Gasteiger partial charge in [0.1, 0.15) is 16.8 Å². The van der Waals surface area contributed by atoms with E-state index in [-0.39, 0.29) is 10.5 Å². The number of amides is 1. The third-order valence-electron chi connectivity index (χ3n) is 4.94. The van der Waals surface area contributed by atoms with Crippen molar-refractivity contribution in [3.05, 3.63) is 83.9 Å². The van der Waals surface area contributed by atoms with Gasteiger partial charge in [-0.15, -0.1) is 0 Å². The molecule has 0 bridgehead atoms. The van der Waals surface area contributed by atoms with Gasteiger partial charge in [-0.25, -0.2) is 13.2 Å². The first-order valence-electron chi connectivity index (χ1n) is 9.94. The minimum atomic E-state index is -3.67. The number of ether oxygens (including phenoxy) is 2. The van der Waals surface area contributed by atoms with Crippen LogP contribution in [0.1, 0.15) is 22.1 Å². The molecule has 1 aliphatic rings. The average molecular weight is 468 g/mol. The van der Waals surface area contributed by atoms with Crippen LogP contribution in [0.25, 0.3) is 0 Å². The van der Waals surface area contributed by atoms with Crippen LogP contribution >= 0.6 is 0 Å². The summed E-state index contributed by atoms with van der Waals surface area (Å²) in [6.45, 7) is -0.451. The smallest absolute Gasteiger partial charge is 0.338 e. The Hall–Kier alpha value is -3.89. The maximum atomic E-state index is 12.5. The van der Waals surface area contributed by atoms with Crippen molar-refractivity contribution in [2.24, 2.45) is 0 Å². The monoisotopic (exact) mass is 467 g/mol. The molecule has 0 radical (unpaired) electrons. The molecule has 1 heterocycles.